The highest BCUT2D eigenvalue weighted by Gasteiger charge is 2.10. The van der Waals surface area contributed by atoms with Crippen molar-refractivity contribution in [1.29, 1.82) is 0 Å². The minimum absolute atomic E-state index is 0.0443. The standard InChI is InChI=1S/C13H17NO4/c1-17-11-7-6-9(8-12(11)18-2)10(15)4-3-5-13(14)16/h6-8H,3-5H2,1-2H3,(H2,14,16). The minimum atomic E-state index is -0.393. The summed E-state index contributed by atoms with van der Waals surface area (Å²) in [5.41, 5.74) is 5.55. The van der Waals surface area contributed by atoms with Crippen LogP contribution in [0.15, 0.2) is 18.2 Å². The molecular weight excluding hydrogens is 234 g/mol. The van der Waals surface area contributed by atoms with Crippen LogP contribution in [0.25, 0.3) is 0 Å². The number of carbonyl (C=O) groups is 2. The monoisotopic (exact) mass is 251 g/mol. The Morgan fingerprint density at radius 2 is 1.78 bits per heavy atom. The van der Waals surface area contributed by atoms with E-state index in [4.69, 9.17) is 15.2 Å². The first-order valence-corrected chi connectivity index (χ1v) is 5.62. The molecule has 0 aliphatic rings. The summed E-state index contributed by atoms with van der Waals surface area (Å²) in [7, 11) is 3.05. The van der Waals surface area contributed by atoms with Crippen molar-refractivity contribution in [2.75, 3.05) is 14.2 Å². The molecule has 5 heteroatoms. The number of carbonyl (C=O) groups excluding carboxylic acids is 2. The molecule has 1 rings (SSSR count). The molecule has 0 atom stereocenters. The van der Waals surface area contributed by atoms with Crippen LogP contribution in [0.5, 0.6) is 11.5 Å². The summed E-state index contributed by atoms with van der Waals surface area (Å²) in [6.07, 6.45) is 0.972. The number of amides is 1. The van der Waals surface area contributed by atoms with Gasteiger partial charge in [0.15, 0.2) is 17.3 Å². The van der Waals surface area contributed by atoms with E-state index >= 15 is 0 Å². The van der Waals surface area contributed by atoms with Gasteiger partial charge in [0.05, 0.1) is 14.2 Å². The van der Waals surface area contributed by atoms with E-state index in [-0.39, 0.29) is 12.2 Å². The van der Waals surface area contributed by atoms with E-state index in [9.17, 15) is 9.59 Å². The number of hydrogen-bond acceptors (Lipinski definition) is 4. The van der Waals surface area contributed by atoms with Crippen LogP contribution < -0.4 is 15.2 Å². The predicted molar refractivity (Wildman–Crippen MR) is 66.9 cm³/mol. The lowest BCUT2D eigenvalue weighted by atomic mass is 10.0. The molecule has 1 amide bonds. The molecule has 1 aromatic rings. The van der Waals surface area contributed by atoms with Crippen LogP contribution in [-0.2, 0) is 4.79 Å². The van der Waals surface area contributed by atoms with Gasteiger partial charge in [-0.15, -0.1) is 0 Å². The zero-order valence-corrected chi connectivity index (χ0v) is 10.6. The number of primary amides is 1. The molecule has 1 aromatic carbocycles. The summed E-state index contributed by atoms with van der Waals surface area (Å²) in [5.74, 6) is 0.650. The number of Topliss-reactive ketones (excluding diaryl/α,β-unsaturated/α-hetero) is 1. The van der Waals surface area contributed by atoms with Gasteiger partial charge in [-0.25, -0.2) is 0 Å². The highest BCUT2D eigenvalue weighted by Crippen LogP contribution is 2.28. The smallest absolute Gasteiger partial charge is 0.217 e. The molecule has 0 saturated heterocycles. The number of rotatable bonds is 7. The lowest BCUT2D eigenvalue weighted by molar-refractivity contribution is -0.118. The fourth-order valence-corrected chi connectivity index (χ4v) is 1.58. The molecule has 18 heavy (non-hydrogen) atoms. The van der Waals surface area contributed by atoms with E-state index in [1.54, 1.807) is 18.2 Å². The minimum Gasteiger partial charge on any atom is -0.493 e. The zero-order valence-electron chi connectivity index (χ0n) is 10.6. The maximum atomic E-state index is 11.8. The molecule has 0 unspecified atom stereocenters. The predicted octanol–water partition coefficient (Wildman–Crippen LogP) is 1.54. The van der Waals surface area contributed by atoms with E-state index in [0.29, 0.717) is 29.9 Å². The number of benzene rings is 1. The third-order valence-electron chi connectivity index (χ3n) is 2.53. The average Bonchev–Trinajstić information content (AvgIpc) is 2.37. The van der Waals surface area contributed by atoms with Crippen LogP contribution >= 0.6 is 0 Å². The lowest BCUT2D eigenvalue weighted by Crippen LogP contribution is -2.11. The molecular formula is C13H17NO4. The summed E-state index contributed by atoms with van der Waals surface area (Å²) < 4.78 is 10.2. The van der Waals surface area contributed by atoms with Gasteiger partial charge in [0, 0.05) is 18.4 Å². The first kappa shape index (κ1) is 14.0. The van der Waals surface area contributed by atoms with Gasteiger partial charge in [0.1, 0.15) is 0 Å². The van der Waals surface area contributed by atoms with Crippen LogP contribution in [-0.4, -0.2) is 25.9 Å². The third kappa shape index (κ3) is 3.76. The first-order chi connectivity index (χ1) is 8.58. The Bertz CT molecular complexity index is 443. The Morgan fingerprint density at radius 1 is 1.11 bits per heavy atom. The van der Waals surface area contributed by atoms with Crippen molar-refractivity contribution in [3.05, 3.63) is 23.8 Å². The van der Waals surface area contributed by atoms with Gasteiger partial charge >= 0.3 is 0 Å². The fraction of sp³-hybridized carbons (Fsp3) is 0.385. The molecule has 0 heterocycles. The second kappa shape index (κ2) is 6.64. The van der Waals surface area contributed by atoms with Crippen molar-refractivity contribution in [3.8, 4) is 11.5 Å². The molecule has 0 aliphatic carbocycles. The molecule has 0 spiro atoms. The Morgan fingerprint density at radius 3 is 2.33 bits per heavy atom. The van der Waals surface area contributed by atoms with Crippen molar-refractivity contribution in [3.63, 3.8) is 0 Å². The van der Waals surface area contributed by atoms with Gasteiger partial charge in [-0.1, -0.05) is 0 Å². The summed E-state index contributed by atoms with van der Waals surface area (Å²) in [6, 6.07) is 4.99. The highest BCUT2D eigenvalue weighted by atomic mass is 16.5. The van der Waals surface area contributed by atoms with E-state index in [1.165, 1.54) is 14.2 Å². The van der Waals surface area contributed by atoms with E-state index in [2.05, 4.69) is 0 Å². The van der Waals surface area contributed by atoms with Crippen molar-refractivity contribution < 1.29 is 19.1 Å². The van der Waals surface area contributed by atoms with Crippen LogP contribution in [0, 0.1) is 0 Å². The van der Waals surface area contributed by atoms with Gasteiger partial charge in [-0.2, -0.15) is 0 Å². The largest absolute Gasteiger partial charge is 0.493 e. The van der Waals surface area contributed by atoms with Gasteiger partial charge in [-0.3, -0.25) is 9.59 Å². The van der Waals surface area contributed by atoms with E-state index < -0.39 is 5.91 Å². The first-order valence-electron chi connectivity index (χ1n) is 5.62. The fourth-order valence-electron chi connectivity index (χ4n) is 1.58. The normalized spacial score (nSPS) is 9.89. The highest BCUT2D eigenvalue weighted by molar-refractivity contribution is 5.96. The van der Waals surface area contributed by atoms with Crippen LogP contribution in [0.4, 0.5) is 0 Å². The second-order valence-electron chi connectivity index (χ2n) is 3.81. The average molecular weight is 251 g/mol. The Hall–Kier alpha value is -2.04. The number of hydrogen-bond donors (Lipinski definition) is 1. The van der Waals surface area contributed by atoms with Crippen molar-refractivity contribution in [1.82, 2.24) is 0 Å². The van der Waals surface area contributed by atoms with Gasteiger partial charge in [-0.05, 0) is 24.6 Å². The third-order valence-corrected chi connectivity index (χ3v) is 2.53. The molecule has 0 aliphatic heterocycles. The summed E-state index contributed by atoms with van der Waals surface area (Å²) in [4.78, 5) is 22.4. The number of ether oxygens (including phenoxy) is 2. The molecule has 0 saturated carbocycles. The molecule has 2 N–H and O–H groups in total. The number of ketones is 1. The Kier molecular flexibility index (Phi) is 5.17. The molecule has 0 aromatic heterocycles. The summed E-state index contributed by atoms with van der Waals surface area (Å²) >= 11 is 0. The zero-order chi connectivity index (χ0) is 13.5. The van der Waals surface area contributed by atoms with Crippen molar-refractivity contribution in [2.45, 2.75) is 19.3 Å². The van der Waals surface area contributed by atoms with Gasteiger partial charge < -0.3 is 15.2 Å². The molecule has 0 fully saturated rings. The molecule has 0 bridgehead atoms. The SMILES string of the molecule is COc1ccc(C(=O)CCCC(N)=O)cc1OC. The molecule has 5 nitrogen and oxygen atoms in total. The lowest BCUT2D eigenvalue weighted by Gasteiger charge is -2.08. The quantitative estimate of drug-likeness (QED) is 0.745. The summed E-state index contributed by atoms with van der Waals surface area (Å²) in [5, 5.41) is 0. The topological polar surface area (TPSA) is 78.6 Å². The van der Waals surface area contributed by atoms with Crippen LogP contribution in [0.3, 0.4) is 0 Å². The Labute approximate surface area is 106 Å². The van der Waals surface area contributed by atoms with Crippen LogP contribution in [0.1, 0.15) is 29.6 Å². The van der Waals surface area contributed by atoms with E-state index in [0.717, 1.165) is 0 Å². The number of methoxy groups -OCH3 is 2. The summed E-state index contributed by atoms with van der Waals surface area (Å²) in [6.45, 7) is 0. The Balaban J connectivity index is 2.71. The maximum absolute atomic E-state index is 11.8. The molecule has 0 radical (unpaired) electrons. The van der Waals surface area contributed by atoms with E-state index in [1.807, 2.05) is 0 Å². The number of nitrogens with two attached hydrogens (primary N) is 1. The van der Waals surface area contributed by atoms with Crippen LogP contribution in [0.2, 0.25) is 0 Å². The van der Waals surface area contributed by atoms with Crippen molar-refractivity contribution in [2.24, 2.45) is 5.73 Å². The maximum Gasteiger partial charge on any atom is 0.217 e. The van der Waals surface area contributed by atoms with Crippen molar-refractivity contribution >= 4 is 11.7 Å². The van der Waals surface area contributed by atoms with Gasteiger partial charge in [0.2, 0.25) is 5.91 Å². The van der Waals surface area contributed by atoms with Gasteiger partial charge in [0.25, 0.3) is 0 Å². The second-order valence-corrected chi connectivity index (χ2v) is 3.81. The molecule has 98 valence electrons.